The Morgan fingerprint density at radius 1 is 1.04 bits per heavy atom. The molecule has 1 aliphatic heterocycles. The van der Waals surface area contributed by atoms with Crippen LogP contribution in [0.2, 0.25) is 0 Å². The zero-order valence-corrected chi connectivity index (χ0v) is 15.9. The van der Waals surface area contributed by atoms with Gasteiger partial charge in [0.2, 0.25) is 11.8 Å². The molecule has 1 atom stereocenters. The van der Waals surface area contributed by atoms with Crippen LogP contribution < -0.4 is 4.73 Å². The molecule has 1 saturated heterocycles. The molecule has 1 aromatic heterocycles. The van der Waals surface area contributed by atoms with Gasteiger partial charge in [0, 0.05) is 27.9 Å². The van der Waals surface area contributed by atoms with Gasteiger partial charge in [0.15, 0.2) is 0 Å². The molecule has 138 valence electrons. The van der Waals surface area contributed by atoms with Gasteiger partial charge in [-0.2, -0.15) is 0 Å². The third-order valence-corrected chi connectivity index (χ3v) is 5.11. The number of rotatable bonds is 4. The summed E-state index contributed by atoms with van der Waals surface area (Å²) in [5.74, 6) is -2.26. The van der Waals surface area contributed by atoms with Crippen LogP contribution in [-0.4, -0.2) is 46.3 Å². The lowest BCUT2D eigenvalue weighted by atomic mass is 9.82. The highest BCUT2D eigenvalue weighted by atomic mass is 16.5. The maximum absolute atomic E-state index is 12.7. The Labute approximate surface area is 147 Å². The molecular formula is C17H26N4O4. The number of imide groups is 2. The predicted molar refractivity (Wildman–Crippen MR) is 90.5 cm³/mol. The molecule has 8 heteroatoms. The minimum absolute atomic E-state index is 0.161. The minimum atomic E-state index is -1.08. The van der Waals surface area contributed by atoms with Crippen LogP contribution in [0.1, 0.15) is 43.4 Å². The molecule has 25 heavy (non-hydrogen) atoms. The third-order valence-electron chi connectivity index (χ3n) is 5.11. The molecule has 0 spiro atoms. The van der Waals surface area contributed by atoms with Crippen LogP contribution in [0.25, 0.3) is 0 Å². The van der Waals surface area contributed by atoms with Crippen molar-refractivity contribution in [3.05, 3.63) is 22.4 Å². The molecule has 1 aliphatic rings. The van der Waals surface area contributed by atoms with Crippen molar-refractivity contribution in [3.63, 3.8) is 0 Å². The molecule has 0 aromatic carbocycles. The number of carbonyl (C=O) groups is 3. The lowest BCUT2D eigenvalue weighted by Gasteiger charge is -2.36. The SMILES string of the molecule is Cc1c(C)[n+]([O-])c([C@@H](CC(C)C)C2C(=O)N(C)C(=O)N(C)C2=O)n1C. The first-order chi connectivity index (χ1) is 11.5. The Morgan fingerprint density at radius 2 is 1.52 bits per heavy atom. The van der Waals surface area contributed by atoms with Crippen molar-refractivity contribution in [2.24, 2.45) is 18.9 Å². The highest BCUT2D eigenvalue weighted by Gasteiger charge is 2.50. The van der Waals surface area contributed by atoms with Gasteiger partial charge in [-0.1, -0.05) is 13.8 Å². The summed E-state index contributed by atoms with van der Waals surface area (Å²) in [6.45, 7) is 7.48. The number of nitrogens with zero attached hydrogens (tertiary/aromatic N) is 4. The molecular weight excluding hydrogens is 324 g/mol. The maximum atomic E-state index is 12.7. The number of barbiturate groups is 1. The molecule has 0 radical (unpaired) electrons. The fourth-order valence-electron chi connectivity index (χ4n) is 3.45. The molecule has 0 N–H and O–H groups in total. The topological polar surface area (TPSA) is 89.6 Å². The van der Waals surface area contributed by atoms with Crippen LogP contribution in [-0.2, 0) is 16.6 Å². The van der Waals surface area contributed by atoms with Crippen LogP contribution in [0, 0.1) is 30.9 Å². The van der Waals surface area contributed by atoms with E-state index in [9.17, 15) is 19.6 Å². The summed E-state index contributed by atoms with van der Waals surface area (Å²) in [5, 5.41) is 12.7. The number of hydrogen-bond donors (Lipinski definition) is 0. The summed E-state index contributed by atoms with van der Waals surface area (Å²) < 4.78 is 2.55. The van der Waals surface area contributed by atoms with E-state index < -0.39 is 29.7 Å². The van der Waals surface area contributed by atoms with Gasteiger partial charge in [-0.05, 0) is 12.3 Å². The molecule has 2 rings (SSSR count). The standard InChI is InChI=1S/C17H26N4O4/c1-9(2)8-12(14-18(5)10(3)11(4)21(14)25)13-15(22)19(6)17(24)20(7)16(13)23/h9,12-13H,8H2,1-7H3/t12-/m0/s1. The van der Waals surface area contributed by atoms with Crippen LogP contribution in [0.5, 0.6) is 0 Å². The van der Waals surface area contributed by atoms with Crippen molar-refractivity contribution in [2.75, 3.05) is 14.1 Å². The fraction of sp³-hybridized carbons (Fsp3) is 0.647. The second-order valence-electron chi connectivity index (χ2n) is 7.17. The average Bonchev–Trinajstić information content (AvgIpc) is 2.73. The summed E-state index contributed by atoms with van der Waals surface area (Å²) >= 11 is 0. The van der Waals surface area contributed by atoms with Crippen molar-refractivity contribution >= 4 is 17.8 Å². The first-order valence-electron chi connectivity index (χ1n) is 8.35. The highest BCUT2D eigenvalue weighted by Crippen LogP contribution is 2.35. The summed E-state index contributed by atoms with van der Waals surface area (Å²) in [7, 11) is 4.48. The number of aromatic nitrogens is 2. The van der Waals surface area contributed by atoms with E-state index in [0.717, 1.165) is 20.2 Å². The van der Waals surface area contributed by atoms with E-state index in [4.69, 9.17) is 0 Å². The molecule has 4 amide bonds. The van der Waals surface area contributed by atoms with E-state index in [1.165, 1.54) is 14.1 Å². The van der Waals surface area contributed by atoms with Crippen molar-refractivity contribution in [1.82, 2.24) is 14.4 Å². The van der Waals surface area contributed by atoms with E-state index in [-0.39, 0.29) is 5.92 Å². The van der Waals surface area contributed by atoms with Gasteiger partial charge in [-0.25, -0.2) is 14.1 Å². The lowest BCUT2D eigenvalue weighted by molar-refractivity contribution is -0.622. The predicted octanol–water partition coefficient (Wildman–Crippen LogP) is 1.07. The highest BCUT2D eigenvalue weighted by molar-refractivity contribution is 6.16. The Hall–Kier alpha value is -2.38. The van der Waals surface area contributed by atoms with E-state index in [1.54, 1.807) is 18.5 Å². The van der Waals surface area contributed by atoms with Crippen molar-refractivity contribution in [3.8, 4) is 0 Å². The molecule has 0 bridgehead atoms. The van der Waals surface area contributed by atoms with Gasteiger partial charge in [0.05, 0.1) is 13.0 Å². The monoisotopic (exact) mass is 350 g/mol. The van der Waals surface area contributed by atoms with E-state index in [1.807, 2.05) is 20.8 Å². The Morgan fingerprint density at radius 3 is 1.88 bits per heavy atom. The number of carbonyl (C=O) groups excluding carboxylic acids is 3. The van der Waals surface area contributed by atoms with Crippen molar-refractivity contribution in [1.29, 1.82) is 0 Å². The van der Waals surface area contributed by atoms with Crippen molar-refractivity contribution < 1.29 is 19.1 Å². The summed E-state index contributed by atoms with van der Waals surface area (Å²) in [5.41, 5.74) is 1.33. The van der Waals surface area contributed by atoms with Crippen LogP contribution in [0.15, 0.2) is 0 Å². The maximum Gasteiger partial charge on any atom is 0.332 e. The van der Waals surface area contributed by atoms with Gasteiger partial charge in [-0.15, -0.1) is 0 Å². The number of hydrogen-bond acceptors (Lipinski definition) is 4. The zero-order chi connectivity index (χ0) is 19.2. The van der Waals surface area contributed by atoms with Gasteiger partial charge in [0.25, 0.3) is 5.82 Å². The molecule has 0 saturated carbocycles. The summed E-state index contributed by atoms with van der Waals surface area (Å²) in [6, 6.07) is -0.649. The molecule has 1 aromatic rings. The van der Waals surface area contributed by atoms with Crippen molar-refractivity contribution in [2.45, 2.75) is 40.0 Å². The van der Waals surface area contributed by atoms with Crippen LogP contribution in [0.3, 0.4) is 0 Å². The minimum Gasteiger partial charge on any atom is -0.711 e. The van der Waals surface area contributed by atoms with Crippen LogP contribution in [0.4, 0.5) is 4.79 Å². The van der Waals surface area contributed by atoms with Gasteiger partial charge >= 0.3 is 6.03 Å². The smallest absolute Gasteiger partial charge is 0.332 e. The number of urea groups is 1. The lowest BCUT2D eigenvalue weighted by Crippen LogP contribution is -2.59. The molecule has 0 aliphatic carbocycles. The number of amides is 4. The van der Waals surface area contributed by atoms with E-state index in [2.05, 4.69) is 0 Å². The van der Waals surface area contributed by atoms with E-state index in [0.29, 0.717) is 17.9 Å². The normalized spacial score (nSPS) is 17.8. The largest absolute Gasteiger partial charge is 0.711 e. The molecule has 0 unspecified atom stereocenters. The first-order valence-corrected chi connectivity index (χ1v) is 8.35. The van der Waals surface area contributed by atoms with Gasteiger partial charge in [-0.3, -0.25) is 19.4 Å². The van der Waals surface area contributed by atoms with Gasteiger partial charge < -0.3 is 5.21 Å². The van der Waals surface area contributed by atoms with Crippen LogP contribution >= 0.6 is 0 Å². The van der Waals surface area contributed by atoms with Gasteiger partial charge in [0.1, 0.15) is 17.3 Å². The second-order valence-corrected chi connectivity index (χ2v) is 7.17. The Balaban J connectivity index is 2.62. The zero-order valence-electron chi connectivity index (χ0n) is 15.9. The molecule has 1 fully saturated rings. The Kier molecular flexibility index (Phi) is 4.92. The van der Waals surface area contributed by atoms with E-state index >= 15 is 0 Å². The Bertz CT molecular complexity index is 688. The third kappa shape index (κ3) is 2.89. The summed E-state index contributed by atoms with van der Waals surface area (Å²) in [6.07, 6.45) is 0.483. The number of imidazole rings is 1. The second kappa shape index (κ2) is 6.50. The quantitative estimate of drug-likeness (QED) is 0.461. The molecule has 2 heterocycles. The average molecular weight is 350 g/mol. The fourth-order valence-corrected chi connectivity index (χ4v) is 3.45. The first kappa shape index (κ1) is 19.0. The molecule has 8 nitrogen and oxygen atoms in total. The summed E-state index contributed by atoms with van der Waals surface area (Å²) in [4.78, 5) is 39.4.